The van der Waals surface area contributed by atoms with E-state index in [0.29, 0.717) is 0 Å². The van der Waals surface area contributed by atoms with E-state index in [1.807, 2.05) is 12.2 Å². The number of nitrogens with one attached hydrogen (secondary N) is 1. The minimum Gasteiger partial charge on any atom is -0.302 e. The van der Waals surface area contributed by atoms with E-state index < -0.39 is 12.7 Å². The van der Waals surface area contributed by atoms with Crippen LogP contribution in [-0.2, 0) is 0 Å². The first kappa shape index (κ1) is 9.58. The lowest BCUT2D eigenvalue weighted by atomic mass is 10.0. The lowest BCUT2D eigenvalue weighted by Gasteiger charge is -2.18. The van der Waals surface area contributed by atoms with Crippen molar-refractivity contribution in [3.8, 4) is 0 Å². The van der Waals surface area contributed by atoms with Crippen molar-refractivity contribution in [1.82, 2.24) is 5.32 Å². The van der Waals surface area contributed by atoms with Crippen molar-refractivity contribution in [2.45, 2.75) is 31.5 Å². The van der Waals surface area contributed by atoms with Crippen LogP contribution in [0, 0.1) is 0 Å². The van der Waals surface area contributed by atoms with Crippen LogP contribution in [0.3, 0.4) is 0 Å². The molecule has 0 heterocycles. The zero-order valence-corrected chi connectivity index (χ0v) is 6.69. The molecule has 1 rings (SSSR count). The van der Waals surface area contributed by atoms with Gasteiger partial charge in [0.25, 0.3) is 0 Å². The summed E-state index contributed by atoms with van der Waals surface area (Å²) in [6, 6.07) is -0.0830. The van der Waals surface area contributed by atoms with E-state index in [1.54, 1.807) is 0 Å². The van der Waals surface area contributed by atoms with Crippen molar-refractivity contribution in [2.24, 2.45) is 0 Å². The maximum absolute atomic E-state index is 11.7. The van der Waals surface area contributed by atoms with Gasteiger partial charge in [0.2, 0.25) is 0 Å². The number of rotatable bonds is 2. The Balaban J connectivity index is 2.22. The van der Waals surface area contributed by atoms with E-state index in [2.05, 4.69) is 5.32 Å². The minimum atomic E-state index is -4.09. The molecule has 0 fully saturated rings. The molecule has 0 aromatic heterocycles. The lowest BCUT2D eigenvalue weighted by molar-refractivity contribution is -0.125. The van der Waals surface area contributed by atoms with Crippen LogP contribution in [0.5, 0.6) is 0 Å². The Morgan fingerprint density at radius 1 is 1.42 bits per heavy atom. The van der Waals surface area contributed by atoms with Crippen LogP contribution >= 0.6 is 0 Å². The molecule has 1 atom stereocenters. The Morgan fingerprint density at radius 3 is 2.67 bits per heavy atom. The molecule has 4 heteroatoms. The third-order valence-corrected chi connectivity index (χ3v) is 1.82. The van der Waals surface area contributed by atoms with Crippen molar-refractivity contribution >= 4 is 0 Å². The summed E-state index contributed by atoms with van der Waals surface area (Å²) >= 11 is 0. The molecule has 0 aromatic carbocycles. The quantitative estimate of drug-likeness (QED) is 0.641. The number of hydrogen-bond donors (Lipinski definition) is 1. The standard InChI is InChI=1S/C8H12F3N/c9-8(10,11)6-12-7-4-2-1-3-5-7/h2,4,7,12H,1,3,5-6H2. The molecule has 0 radical (unpaired) electrons. The van der Waals surface area contributed by atoms with Gasteiger partial charge in [0, 0.05) is 6.04 Å². The van der Waals surface area contributed by atoms with E-state index in [1.165, 1.54) is 0 Å². The van der Waals surface area contributed by atoms with E-state index in [9.17, 15) is 13.2 Å². The van der Waals surface area contributed by atoms with Gasteiger partial charge in [-0.15, -0.1) is 0 Å². The van der Waals surface area contributed by atoms with Gasteiger partial charge in [0.1, 0.15) is 0 Å². The van der Waals surface area contributed by atoms with Crippen molar-refractivity contribution in [3.05, 3.63) is 12.2 Å². The van der Waals surface area contributed by atoms with Gasteiger partial charge < -0.3 is 5.32 Å². The first-order chi connectivity index (χ1) is 5.58. The summed E-state index contributed by atoms with van der Waals surface area (Å²) in [6.07, 6.45) is 2.43. The zero-order chi connectivity index (χ0) is 9.03. The van der Waals surface area contributed by atoms with Gasteiger partial charge in [0.15, 0.2) is 0 Å². The highest BCUT2D eigenvalue weighted by Crippen LogP contribution is 2.15. The first-order valence-electron chi connectivity index (χ1n) is 4.05. The highest BCUT2D eigenvalue weighted by atomic mass is 19.4. The van der Waals surface area contributed by atoms with Crippen LogP contribution in [0.4, 0.5) is 13.2 Å². The topological polar surface area (TPSA) is 12.0 Å². The predicted octanol–water partition coefficient (Wildman–Crippen LogP) is 2.25. The smallest absolute Gasteiger partial charge is 0.302 e. The fourth-order valence-electron chi connectivity index (χ4n) is 1.23. The Labute approximate surface area is 69.6 Å². The van der Waals surface area contributed by atoms with Crippen molar-refractivity contribution < 1.29 is 13.2 Å². The molecule has 0 saturated carbocycles. The van der Waals surface area contributed by atoms with Gasteiger partial charge in [-0.3, -0.25) is 0 Å². The van der Waals surface area contributed by atoms with Crippen LogP contribution < -0.4 is 5.32 Å². The summed E-state index contributed by atoms with van der Waals surface area (Å²) in [6.45, 7) is -0.887. The molecular weight excluding hydrogens is 167 g/mol. The summed E-state index contributed by atoms with van der Waals surface area (Å²) in [5.41, 5.74) is 0. The van der Waals surface area contributed by atoms with Gasteiger partial charge in [-0.1, -0.05) is 12.2 Å². The van der Waals surface area contributed by atoms with Crippen LogP contribution in [0.1, 0.15) is 19.3 Å². The average Bonchev–Trinajstić information content (AvgIpc) is 2.02. The Kier molecular flexibility index (Phi) is 3.14. The van der Waals surface area contributed by atoms with Crippen molar-refractivity contribution in [3.63, 3.8) is 0 Å². The maximum atomic E-state index is 11.7. The van der Waals surface area contributed by atoms with Gasteiger partial charge in [-0.2, -0.15) is 13.2 Å². The second-order valence-corrected chi connectivity index (χ2v) is 2.96. The molecule has 0 spiro atoms. The predicted molar refractivity (Wildman–Crippen MR) is 40.8 cm³/mol. The van der Waals surface area contributed by atoms with Crippen molar-refractivity contribution in [2.75, 3.05) is 6.54 Å². The molecule has 0 aliphatic heterocycles. The zero-order valence-electron chi connectivity index (χ0n) is 6.69. The average molecular weight is 179 g/mol. The Morgan fingerprint density at radius 2 is 2.17 bits per heavy atom. The second-order valence-electron chi connectivity index (χ2n) is 2.96. The fourth-order valence-corrected chi connectivity index (χ4v) is 1.23. The van der Waals surface area contributed by atoms with Gasteiger partial charge in [-0.05, 0) is 19.3 Å². The maximum Gasteiger partial charge on any atom is 0.401 e. The molecule has 1 N–H and O–H groups in total. The van der Waals surface area contributed by atoms with Crippen molar-refractivity contribution in [1.29, 1.82) is 0 Å². The first-order valence-corrected chi connectivity index (χ1v) is 4.05. The molecule has 1 aliphatic rings. The molecular formula is C8H12F3N. The van der Waals surface area contributed by atoms with Crippen LogP contribution in [0.2, 0.25) is 0 Å². The van der Waals surface area contributed by atoms with Crippen LogP contribution in [-0.4, -0.2) is 18.8 Å². The summed E-state index contributed by atoms with van der Waals surface area (Å²) in [5, 5.41) is 2.45. The van der Waals surface area contributed by atoms with E-state index in [4.69, 9.17) is 0 Å². The number of allylic oxidation sites excluding steroid dienone is 1. The Hall–Kier alpha value is -0.510. The van der Waals surface area contributed by atoms with Crippen LogP contribution in [0.15, 0.2) is 12.2 Å². The third kappa shape index (κ3) is 3.76. The van der Waals surface area contributed by atoms with Crippen LogP contribution in [0.25, 0.3) is 0 Å². The number of hydrogen-bond acceptors (Lipinski definition) is 1. The van der Waals surface area contributed by atoms with E-state index in [-0.39, 0.29) is 6.04 Å². The largest absolute Gasteiger partial charge is 0.401 e. The monoisotopic (exact) mass is 179 g/mol. The molecule has 1 unspecified atom stereocenters. The van der Waals surface area contributed by atoms with Gasteiger partial charge >= 0.3 is 6.18 Å². The van der Waals surface area contributed by atoms with E-state index in [0.717, 1.165) is 19.3 Å². The van der Waals surface area contributed by atoms with E-state index >= 15 is 0 Å². The lowest BCUT2D eigenvalue weighted by Crippen LogP contribution is -2.36. The molecule has 1 aliphatic carbocycles. The third-order valence-electron chi connectivity index (χ3n) is 1.82. The number of halogens is 3. The second kappa shape index (κ2) is 3.94. The van der Waals surface area contributed by atoms with Gasteiger partial charge in [-0.25, -0.2) is 0 Å². The normalized spacial score (nSPS) is 24.4. The summed E-state index contributed by atoms with van der Waals surface area (Å²) in [7, 11) is 0. The molecule has 0 saturated heterocycles. The molecule has 0 amide bonds. The molecule has 0 bridgehead atoms. The minimum absolute atomic E-state index is 0.0830. The highest BCUT2D eigenvalue weighted by Gasteiger charge is 2.27. The van der Waals surface area contributed by atoms with Gasteiger partial charge in [0.05, 0.1) is 6.54 Å². The number of alkyl halides is 3. The highest BCUT2D eigenvalue weighted by molar-refractivity contribution is 4.97. The molecule has 0 aromatic rings. The molecule has 70 valence electrons. The molecule has 12 heavy (non-hydrogen) atoms. The summed E-state index contributed by atoms with van der Waals surface area (Å²) < 4.78 is 35.2. The molecule has 1 nitrogen and oxygen atoms in total. The SMILES string of the molecule is FC(F)(F)CNC1C=CCCC1. The Bertz CT molecular complexity index is 162. The summed E-state index contributed by atoms with van der Waals surface area (Å²) in [5.74, 6) is 0. The fraction of sp³-hybridized carbons (Fsp3) is 0.750. The summed E-state index contributed by atoms with van der Waals surface area (Å²) in [4.78, 5) is 0.